The molecule has 0 spiro atoms. The van der Waals surface area contributed by atoms with E-state index in [1.165, 1.54) is 36.4 Å². The fourth-order valence-corrected chi connectivity index (χ4v) is 3.75. The number of aliphatic hydroxyl groups is 1. The third-order valence-electron chi connectivity index (χ3n) is 5.29. The van der Waals surface area contributed by atoms with Crippen molar-refractivity contribution in [2.45, 2.75) is 12.5 Å². The van der Waals surface area contributed by atoms with Crippen LogP contribution in [0.15, 0.2) is 48.3 Å². The van der Waals surface area contributed by atoms with Crippen molar-refractivity contribution in [3.05, 3.63) is 59.4 Å². The Morgan fingerprint density at radius 1 is 1.10 bits per heavy atom. The van der Waals surface area contributed by atoms with Gasteiger partial charge in [0.1, 0.15) is 5.76 Å². The number of hydrogen-bond donors (Lipinski definition) is 2. The summed E-state index contributed by atoms with van der Waals surface area (Å²) in [7, 11) is 7.12. The number of amides is 1. The first kappa shape index (κ1) is 22.3. The minimum absolute atomic E-state index is 0.0561. The van der Waals surface area contributed by atoms with Crippen molar-refractivity contribution in [1.29, 1.82) is 0 Å². The maximum atomic E-state index is 13.0. The highest BCUT2D eigenvalue weighted by Gasteiger charge is 2.46. The summed E-state index contributed by atoms with van der Waals surface area (Å²) in [5, 5.41) is 11.0. The molecule has 1 aliphatic rings. The molecule has 0 aliphatic carbocycles. The molecule has 1 atom stereocenters. The summed E-state index contributed by atoms with van der Waals surface area (Å²) in [5.74, 6) is -0.530. The van der Waals surface area contributed by atoms with Gasteiger partial charge < -0.3 is 24.4 Å². The van der Waals surface area contributed by atoms with Crippen LogP contribution in [0.25, 0.3) is 5.76 Å². The van der Waals surface area contributed by atoms with Crippen LogP contribution in [0, 0.1) is 0 Å². The molecule has 2 N–H and O–H groups in total. The first-order valence-electron chi connectivity index (χ1n) is 10.1. The van der Waals surface area contributed by atoms with Crippen LogP contribution >= 0.6 is 0 Å². The zero-order valence-corrected chi connectivity index (χ0v) is 18.2. The zero-order valence-electron chi connectivity index (χ0n) is 18.2. The van der Waals surface area contributed by atoms with E-state index in [1.807, 2.05) is 14.1 Å². The molecule has 1 saturated heterocycles. The van der Waals surface area contributed by atoms with Crippen molar-refractivity contribution in [2.24, 2.45) is 0 Å². The van der Waals surface area contributed by atoms with Gasteiger partial charge in [0.05, 0.1) is 46.5 Å². The quantitative estimate of drug-likeness (QED) is 0.372. The fraction of sp³-hybridized carbons (Fsp3) is 0.348. The summed E-state index contributed by atoms with van der Waals surface area (Å²) < 4.78 is 10.7. The van der Waals surface area contributed by atoms with Crippen LogP contribution in [0.2, 0.25) is 0 Å². The second-order valence-corrected chi connectivity index (χ2v) is 7.65. The molecule has 2 aromatic rings. The number of carbonyl (C=O) groups excluding carboxylic acids is 2. The van der Waals surface area contributed by atoms with Crippen LogP contribution in [0.4, 0.5) is 0 Å². The number of nitrogens with one attached hydrogen (secondary N) is 1. The highest BCUT2D eigenvalue weighted by molar-refractivity contribution is 6.46. The van der Waals surface area contributed by atoms with Crippen LogP contribution in [0.1, 0.15) is 23.6 Å². The topological polar surface area (TPSA) is 93.4 Å². The average molecular weight is 426 g/mol. The van der Waals surface area contributed by atoms with Gasteiger partial charge in [0.25, 0.3) is 11.7 Å². The molecule has 0 unspecified atom stereocenters. The maximum Gasteiger partial charge on any atom is 0.295 e. The summed E-state index contributed by atoms with van der Waals surface area (Å²) in [5.41, 5.74) is 1.14. The van der Waals surface area contributed by atoms with Gasteiger partial charge in [-0.1, -0.05) is 6.07 Å². The lowest BCUT2D eigenvalue weighted by molar-refractivity contribution is -0.858. The fourth-order valence-electron chi connectivity index (χ4n) is 3.75. The van der Waals surface area contributed by atoms with Crippen molar-refractivity contribution in [1.82, 2.24) is 9.88 Å². The number of hydrogen-bond acceptors (Lipinski definition) is 6. The monoisotopic (exact) mass is 426 g/mol. The Bertz CT molecular complexity index is 988. The number of ketones is 1. The van der Waals surface area contributed by atoms with Gasteiger partial charge in [0, 0.05) is 30.9 Å². The molecule has 0 bridgehead atoms. The van der Waals surface area contributed by atoms with E-state index in [-0.39, 0.29) is 11.3 Å². The highest BCUT2D eigenvalue weighted by Crippen LogP contribution is 2.41. The van der Waals surface area contributed by atoms with Crippen molar-refractivity contribution < 1.29 is 29.1 Å². The maximum absolute atomic E-state index is 13.0. The summed E-state index contributed by atoms with van der Waals surface area (Å²) in [6.45, 7) is 1.23. The molecule has 8 nitrogen and oxygen atoms in total. The number of Topliss-reactive ketones (excluding diaryl/α,β-unsaturated/α-hetero) is 1. The highest BCUT2D eigenvalue weighted by atomic mass is 16.5. The van der Waals surface area contributed by atoms with Gasteiger partial charge in [-0.05, 0) is 29.8 Å². The SMILES string of the molecule is COc1ccc([C@H]2C(=C(O)c3ccncc3)C(=O)C(=O)N2CCC[NH+](C)C)cc1OC. The molecule has 164 valence electrons. The number of nitrogens with zero attached hydrogens (tertiary/aromatic N) is 2. The van der Waals surface area contributed by atoms with Gasteiger partial charge >= 0.3 is 0 Å². The van der Waals surface area contributed by atoms with Gasteiger partial charge in [-0.3, -0.25) is 14.6 Å². The van der Waals surface area contributed by atoms with Crippen molar-refractivity contribution in [3.63, 3.8) is 0 Å². The Balaban J connectivity index is 2.13. The van der Waals surface area contributed by atoms with Crippen LogP contribution in [0.3, 0.4) is 0 Å². The minimum atomic E-state index is -0.731. The van der Waals surface area contributed by atoms with Gasteiger partial charge in [0.15, 0.2) is 11.5 Å². The van der Waals surface area contributed by atoms with Crippen LogP contribution in [-0.2, 0) is 9.59 Å². The second-order valence-electron chi connectivity index (χ2n) is 7.65. The van der Waals surface area contributed by atoms with Gasteiger partial charge in [0.2, 0.25) is 0 Å². The molecule has 1 aliphatic heterocycles. The smallest absolute Gasteiger partial charge is 0.295 e. The van der Waals surface area contributed by atoms with Gasteiger partial charge in [-0.2, -0.15) is 0 Å². The number of aromatic nitrogens is 1. The van der Waals surface area contributed by atoms with E-state index >= 15 is 0 Å². The molecule has 0 saturated carbocycles. The Labute approximate surface area is 181 Å². The van der Waals surface area contributed by atoms with Crippen molar-refractivity contribution >= 4 is 17.4 Å². The Kier molecular flexibility index (Phi) is 6.91. The molecular formula is C23H28N3O5+. The van der Waals surface area contributed by atoms with Gasteiger partial charge in [-0.25, -0.2) is 0 Å². The number of aliphatic hydroxyl groups excluding tert-OH is 1. The van der Waals surface area contributed by atoms with E-state index in [0.717, 1.165) is 6.54 Å². The first-order valence-corrected chi connectivity index (χ1v) is 10.1. The standard InChI is InChI=1S/C23H27N3O5/c1-25(2)12-5-13-26-20(16-6-7-17(30-3)18(14-16)31-4)19(22(28)23(26)29)21(27)15-8-10-24-11-9-15/h6-11,14,20,27H,5,12-13H2,1-4H3/p+1/t20-/m0/s1. The molecule has 8 heteroatoms. The van der Waals surface area contributed by atoms with Gasteiger partial charge in [-0.15, -0.1) is 0 Å². The summed E-state index contributed by atoms with van der Waals surface area (Å²) in [4.78, 5) is 32.7. The molecule has 31 heavy (non-hydrogen) atoms. The number of likely N-dealkylation sites (tertiary alicyclic amines) is 1. The van der Waals surface area contributed by atoms with E-state index < -0.39 is 17.7 Å². The minimum Gasteiger partial charge on any atom is -0.507 e. The molecule has 1 amide bonds. The molecule has 1 aromatic carbocycles. The number of methoxy groups -OCH3 is 2. The zero-order chi connectivity index (χ0) is 22.5. The van der Waals surface area contributed by atoms with Crippen molar-refractivity contribution in [2.75, 3.05) is 41.4 Å². The third kappa shape index (κ3) is 4.54. The summed E-state index contributed by atoms with van der Waals surface area (Å²) in [6.07, 6.45) is 3.77. The lowest BCUT2D eigenvalue weighted by Crippen LogP contribution is -3.05. The van der Waals surface area contributed by atoms with E-state index in [9.17, 15) is 14.7 Å². The number of benzene rings is 1. The Morgan fingerprint density at radius 3 is 2.39 bits per heavy atom. The predicted octanol–water partition coefficient (Wildman–Crippen LogP) is 1.06. The van der Waals surface area contributed by atoms with Crippen molar-refractivity contribution in [3.8, 4) is 11.5 Å². The van der Waals surface area contributed by atoms with E-state index in [4.69, 9.17) is 9.47 Å². The summed E-state index contributed by atoms with van der Waals surface area (Å²) in [6, 6.07) is 7.71. The normalized spacial score (nSPS) is 18.0. The van der Waals surface area contributed by atoms with Crippen LogP contribution < -0.4 is 14.4 Å². The number of pyridine rings is 1. The average Bonchev–Trinajstić information content (AvgIpc) is 3.03. The van der Waals surface area contributed by atoms with Crippen LogP contribution in [-0.4, -0.2) is 68.1 Å². The summed E-state index contributed by atoms with van der Waals surface area (Å²) >= 11 is 0. The molecule has 0 radical (unpaired) electrons. The number of quaternary nitrogens is 1. The molecule has 1 fully saturated rings. The Hall–Kier alpha value is -3.39. The molecular weight excluding hydrogens is 398 g/mol. The molecule has 2 heterocycles. The number of ether oxygens (including phenoxy) is 2. The second kappa shape index (κ2) is 9.61. The number of carbonyl (C=O) groups is 2. The predicted molar refractivity (Wildman–Crippen MR) is 115 cm³/mol. The lowest BCUT2D eigenvalue weighted by atomic mass is 9.95. The third-order valence-corrected chi connectivity index (χ3v) is 5.29. The lowest BCUT2D eigenvalue weighted by Gasteiger charge is -2.26. The first-order chi connectivity index (χ1) is 14.9. The van der Waals surface area contributed by atoms with E-state index in [1.54, 1.807) is 30.3 Å². The molecule has 1 aromatic heterocycles. The largest absolute Gasteiger partial charge is 0.507 e. The Morgan fingerprint density at radius 2 is 1.77 bits per heavy atom. The number of rotatable bonds is 8. The van der Waals surface area contributed by atoms with Crippen LogP contribution in [0.5, 0.6) is 11.5 Å². The molecule has 3 rings (SSSR count). The van der Waals surface area contributed by atoms with E-state index in [2.05, 4.69) is 4.98 Å². The van der Waals surface area contributed by atoms with E-state index in [0.29, 0.717) is 35.6 Å².